The Hall–Kier alpha value is -0.900. The highest BCUT2D eigenvalue weighted by molar-refractivity contribution is 7.89. The number of nitrogens with two attached hydrogens (primary N) is 1. The predicted octanol–water partition coefficient (Wildman–Crippen LogP) is 0.566. The molecule has 1 aliphatic rings. The van der Waals surface area contributed by atoms with E-state index < -0.39 is 10.0 Å². The van der Waals surface area contributed by atoms with Gasteiger partial charge in [0.15, 0.2) is 10.7 Å². The lowest BCUT2D eigenvalue weighted by molar-refractivity contribution is 0.0905. The highest BCUT2D eigenvalue weighted by Crippen LogP contribution is 2.34. The van der Waals surface area contributed by atoms with Crippen LogP contribution >= 0.6 is 11.5 Å². The summed E-state index contributed by atoms with van der Waals surface area (Å²) in [6.07, 6.45) is 1.69. The van der Waals surface area contributed by atoms with Gasteiger partial charge in [-0.2, -0.15) is 4.37 Å². The van der Waals surface area contributed by atoms with E-state index in [9.17, 15) is 8.42 Å². The molecule has 1 aromatic rings. The molecule has 3 N–H and O–H groups in total. The van der Waals surface area contributed by atoms with Crippen LogP contribution in [0.15, 0.2) is 4.90 Å². The molecule has 0 atom stereocenters. The van der Waals surface area contributed by atoms with Gasteiger partial charge in [0, 0.05) is 33.4 Å². The summed E-state index contributed by atoms with van der Waals surface area (Å²) in [5, 5.41) is 3.73. The minimum absolute atomic E-state index is 0.0493. The van der Waals surface area contributed by atoms with Crippen molar-refractivity contribution >= 4 is 32.4 Å². The number of ether oxygens (including phenoxy) is 1. The molecule has 0 spiro atoms. The van der Waals surface area contributed by atoms with Gasteiger partial charge in [-0.3, -0.25) is 0 Å². The molecule has 0 unspecified atom stereocenters. The molecule has 0 saturated carbocycles. The second kappa shape index (κ2) is 5.61. The Morgan fingerprint density at radius 1 is 1.42 bits per heavy atom. The van der Waals surface area contributed by atoms with Crippen molar-refractivity contribution < 1.29 is 13.2 Å². The number of nitrogens with one attached hydrogen (secondary N) is 1. The summed E-state index contributed by atoms with van der Waals surface area (Å²) in [4.78, 5) is 0.0778. The van der Waals surface area contributed by atoms with Gasteiger partial charge in [-0.15, -0.1) is 0 Å². The Morgan fingerprint density at radius 2 is 2.05 bits per heavy atom. The van der Waals surface area contributed by atoms with Crippen molar-refractivity contribution in [1.82, 2.24) is 8.68 Å². The number of aromatic nitrogens is 1. The van der Waals surface area contributed by atoms with Gasteiger partial charge in [0.05, 0.1) is 0 Å². The largest absolute Gasteiger partial charge is 0.382 e. The summed E-state index contributed by atoms with van der Waals surface area (Å²) < 4.78 is 34.8. The van der Waals surface area contributed by atoms with Gasteiger partial charge in [0.25, 0.3) is 0 Å². The van der Waals surface area contributed by atoms with E-state index in [1.807, 2.05) is 0 Å². The second-order valence-corrected chi connectivity index (χ2v) is 7.41. The van der Waals surface area contributed by atoms with E-state index in [0.29, 0.717) is 18.2 Å². The fraction of sp³-hybridized carbons (Fsp3) is 0.700. The topological polar surface area (TPSA) is 97.6 Å². The molecule has 7 nitrogen and oxygen atoms in total. The first-order valence-corrected chi connectivity index (χ1v) is 8.16. The van der Waals surface area contributed by atoms with Crippen molar-refractivity contribution in [2.75, 3.05) is 38.4 Å². The zero-order valence-corrected chi connectivity index (χ0v) is 12.6. The van der Waals surface area contributed by atoms with Crippen LogP contribution in [0.3, 0.4) is 0 Å². The molecule has 0 radical (unpaired) electrons. The smallest absolute Gasteiger partial charge is 0.249 e. The third kappa shape index (κ3) is 2.99. The molecule has 2 rings (SSSR count). The Morgan fingerprint density at radius 3 is 2.63 bits per heavy atom. The molecular weight excluding hydrogens is 288 g/mol. The minimum Gasteiger partial charge on any atom is -0.382 e. The van der Waals surface area contributed by atoms with E-state index in [-0.39, 0.29) is 16.8 Å². The van der Waals surface area contributed by atoms with Crippen LogP contribution in [-0.2, 0) is 14.8 Å². The zero-order chi connectivity index (χ0) is 14.0. The van der Waals surface area contributed by atoms with Crippen LogP contribution in [0.1, 0.15) is 12.8 Å². The summed E-state index contributed by atoms with van der Waals surface area (Å²) in [7, 11) is -0.629. The molecule has 19 heavy (non-hydrogen) atoms. The van der Waals surface area contributed by atoms with E-state index in [1.165, 1.54) is 14.1 Å². The second-order valence-electron chi connectivity index (χ2n) is 4.54. The summed E-state index contributed by atoms with van der Waals surface area (Å²) in [6.45, 7) is 1.36. The predicted molar refractivity (Wildman–Crippen MR) is 74.9 cm³/mol. The van der Waals surface area contributed by atoms with E-state index in [0.717, 1.165) is 28.7 Å². The average molecular weight is 306 g/mol. The number of sulfonamides is 1. The van der Waals surface area contributed by atoms with E-state index in [1.54, 1.807) is 0 Å². The standard InChI is InChI=1S/C10H18N4O3S2/c1-14(2)19(15,16)8-9(11)13-18-10(8)12-7-3-5-17-6-4-7/h7,12H,3-6H2,1-2H3,(H2,11,13). The zero-order valence-electron chi connectivity index (χ0n) is 10.9. The maximum Gasteiger partial charge on any atom is 0.249 e. The normalized spacial score (nSPS) is 17.8. The molecule has 0 aromatic carbocycles. The van der Waals surface area contributed by atoms with Gasteiger partial charge >= 0.3 is 0 Å². The van der Waals surface area contributed by atoms with E-state index in [2.05, 4.69) is 9.69 Å². The molecule has 0 aliphatic carbocycles. The number of hydrogen-bond donors (Lipinski definition) is 2. The third-order valence-corrected chi connectivity index (χ3v) is 5.78. The van der Waals surface area contributed by atoms with E-state index >= 15 is 0 Å². The number of nitrogen functional groups attached to an aromatic ring is 1. The summed E-state index contributed by atoms with van der Waals surface area (Å²) >= 11 is 1.08. The van der Waals surface area contributed by atoms with Crippen LogP contribution in [0, 0.1) is 0 Å². The Labute approximate surface area is 117 Å². The molecule has 2 heterocycles. The molecule has 1 fully saturated rings. The molecular formula is C10H18N4O3S2. The Bertz CT molecular complexity index is 535. The SMILES string of the molecule is CN(C)S(=O)(=O)c1c(N)nsc1NC1CCOCC1. The lowest BCUT2D eigenvalue weighted by Crippen LogP contribution is -2.29. The van der Waals surface area contributed by atoms with E-state index in [4.69, 9.17) is 10.5 Å². The highest BCUT2D eigenvalue weighted by atomic mass is 32.2. The van der Waals surface area contributed by atoms with Gasteiger partial charge in [-0.25, -0.2) is 12.7 Å². The summed E-state index contributed by atoms with van der Waals surface area (Å²) in [6, 6.07) is 0.199. The first kappa shape index (κ1) is 14.5. The molecule has 0 amide bonds. The molecule has 108 valence electrons. The van der Waals surface area contributed by atoms with Gasteiger partial charge < -0.3 is 15.8 Å². The molecule has 0 bridgehead atoms. The van der Waals surface area contributed by atoms with Crippen molar-refractivity contribution in [1.29, 1.82) is 0 Å². The van der Waals surface area contributed by atoms with Crippen molar-refractivity contribution in [2.24, 2.45) is 0 Å². The Kier molecular flexibility index (Phi) is 4.29. The monoisotopic (exact) mass is 306 g/mol. The highest BCUT2D eigenvalue weighted by Gasteiger charge is 2.29. The molecule has 1 aliphatic heterocycles. The summed E-state index contributed by atoms with van der Waals surface area (Å²) in [5.74, 6) is 0.0493. The van der Waals surface area contributed by atoms with Crippen LogP contribution in [-0.4, -0.2) is 50.4 Å². The maximum absolute atomic E-state index is 12.2. The van der Waals surface area contributed by atoms with Gasteiger partial charge in [0.2, 0.25) is 10.0 Å². The number of hydrogen-bond acceptors (Lipinski definition) is 7. The Balaban J connectivity index is 2.27. The van der Waals surface area contributed by atoms with Crippen LogP contribution in [0.2, 0.25) is 0 Å². The molecule has 9 heteroatoms. The third-order valence-electron chi connectivity index (χ3n) is 2.97. The van der Waals surface area contributed by atoms with Gasteiger partial charge in [-0.05, 0) is 24.4 Å². The first-order valence-electron chi connectivity index (χ1n) is 5.95. The van der Waals surface area contributed by atoms with Crippen molar-refractivity contribution in [3.05, 3.63) is 0 Å². The summed E-state index contributed by atoms with van der Waals surface area (Å²) in [5.41, 5.74) is 5.70. The fourth-order valence-corrected chi connectivity index (χ4v) is 3.99. The average Bonchev–Trinajstić information content (AvgIpc) is 2.72. The lowest BCUT2D eigenvalue weighted by atomic mass is 10.1. The number of rotatable bonds is 4. The first-order chi connectivity index (χ1) is 8.93. The molecule has 1 saturated heterocycles. The van der Waals surface area contributed by atoms with Crippen LogP contribution in [0.5, 0.6) is 0 Å². The van der Waals surface area contributed by atoms with Crippen LogP contribution in [0.4, 0.5) is 10.8 Å². The molecule has 1 aromatic heterocycles. The minimum atomic E-state index is -3.58. The van der Waals surface area contributed by atoms with Crippen molar-refractivity contribution in [3.63, 3.8) is 0 Å². The number of nitrogens with zero attached hydrogens (tertiary/aromatic N) is 2. The van der Waals surface area contributed by atoms with Gasteiger partial charge in [0.1, 0.15) is 5.00 Å². The lowest BCUT2D eigenvalue weighted by Gasteiger charge is -2.24. The van der Waals surface area contributed by atoms with Crippen LogP contribution < -0.4 is 11.1 Å². The van der Waals surface area contributed by atoms with Crippen molar-refractivity contribution in [3.8, 4) is 0 Å². The quantitative estimate of drug-likeness (QED) is 0.844. The van der Waals surface area contributed by atoms with Crippen molar-refractivity contribution in [2.45, 2.75) is 23.8 Å². The number of anilines is 2. The van der Waals surface area contributed by atoms with Gasteiger partial charge in [-0.1, -0.05) is 0 Å². The fourth-order valence-electron chi connectivity index (χ4n) is 1.85. The van der Waals surface area contributed by atoms with Crippen LogP contribution in [0.25, 0.3) is 0 Å². The maximum atomic E-state index is 12.2.